The van der Waals surface area contributed by atoms with Gasteiger partial charge in [0.1, 0.15) is 0 Å². The number of hydrogen-bond donors (Lipinski definition) is 1. The molecular formula is C12H17BrClN3O. The summed E-state index contributed by atoms with van der Waals surface area (Å²) in [6, 6.07) is 0.236. The Kier molecular flexibility index (Phi) is 5.06. The van der Waals surface area contributed by atoms with Crippen molar-refractivity contribution in [3.8, 4) is 5.88 Å². The molecule has 1 fully saturated rings. The third-order valence-corrected chi connectivity index (χ3v) is 4.22. The average molecular weight is 335 g/mol. The molecule has 1 heterocycles. The Morgan fingerprint density at radius 3 is 2.94 bits per heavy atom. The number of nitrogens with one attached hydrogen (secondary N) is 1. The molecule has 0 radical (unpaired) electrons. The lowest BCUT2D eigenvalue weighted by Crippen LogP contribution is -2.29. The fraction of sp³-hybridized carbons (Fsp3) is 0.667. The normalized spacial score (nSPS) is 24.4. The van der Waals surface area contributed by atoms with Crippen LogP contribution in [0.2, 0.25) is 0 Å². The van der Waals surface area contributed by atoms with Gasteiger partial charge in [-0.2, -0.15) is 4.98 Å². The summed E-state index contributed by atoms with van der Waals surface area (Å²) in [6.45, 7) is 0. The molecule has 1 N–H and O–H groups in total. The molecule has 100 valence electrons. The van der Waals surface area contributed by atoms with E-state index >= 15 is 0 Å². The minimum Gasteiger partial charge on any atom is -0.480 e. The SMILES string of the molecule is COc1nc(NC2CCCCCC2Cl)ncc1Br. The number of rotatable bonds is 3. The van der Waals surface area contributed by atoms with Crippen LogP contribution in [0.15, 0.2) is 10.7 Å². The quantitative estimate of drug-likeness (QED) is 0.678. The van der Waals surface area contributed by atoms with Gasteiger partial charge in [-0.1, -0.05) is 19.3 Å². The topological polar surface area (TPSA) is 47.0 Å². The third kappa shape index (κ3) is 3.48. The van der Waals surface area contributed by atoms with Crippen molar-refractivity contribution in [3.05, 3.63) is 10.7 Å². The molecule has 0 spiro atoms. The first-order valence-electron chi connectivity index (χ1n) is 6.18. The van der Waals surface area contributed by atoms with Crippen LogP contribution in [0.5, 0.6) is 5.88 Å². The predicted molar refractivity (Wildman–Crippen MR) is 76.4 cm³/mol. The monoisotopic (exact) mass is 333 g/mol. The first-order chi connectivity index (χ1) is 8.70. The van der Waals surface area contributed by atoms with Crippen LogP contribution in [-0.4, -0.2) is 28.5 Å². The van der Waals surface area contributed by atoms with Crippen molar-refractivity contribution in [1.29, 1.82) is 0 Å². The highest BCUT2D eigenvalue weighted by atomic mass is 79.9. The molecule has 6 heteroatoms. The van der Waals surface area contributed by atoms with E-state index < -0.39 is 0 Å². The van der Waals surface area contributed by atoms with Gasteiger partial charge in [-0.25, -0.2) is 4.98 Å². The zero-order valence-corrected chi connectivity index (χ0v) is 12.7. The Bertz CT molecular complexity index is 405. The van der Waals surface area contributed by atoms with Gasteiger partial charge in [0.05, 0.1) is 23.2 Å². The lowest BCUT2D eigenvalue weighted by molar-refractivity contribution is 0.394. The van der Waals surface area contributed by atoms with Crippen molar-refractivity contribution in [2.24, 2.45) is 0 Å². The van der Waals surface area contributed by atoms with Crippen molar-refractivity contribution < 1.29 is 4.74 Å². The number of alkyl halides is 1. The van der Waals surface area contributed by atoms with E-state index in [-0.39, 0.29) is 11.4 Å². The van der Waals surface area contributed by atoms with Crippen LogP contribution >= 0.6 is 27.5 Å². The fourth-order valence-corrected chi connectivity index (χ4v) is 2.85. The molecule has 0 bridgehead atoms. The molecule has 2 rings (SSSR count). The molecule has 0 amide bonds. The van der Waals surface area contributed by atoms with Gasteiger partial charge in [0, 0.05) is 6.04 Å². The summed E-state index contributed by atoms with van der Waals surface area (Å²) < 4.78 is 5.90. The van der Waals surface area contributed by atoms with E-state index in [1.165, 1.54) is 19.3 Å². The molecule has 1 aliphatic carbocycles. The van der Waals surface area contributed by atoms with Gasteiger partial charge < -0.3 is 10.1 Å². The van der Waals surface area contributed by atoms with Gasteiger partial charge >= 0.3 is 0 Å². The highest BCUT2D eigenvalue weighted by molar-refractivity contribution is 9.10. The maximum absolute atomic E-state index is 6.38. The van der Waals surface area contributed by atoms with E-state index in [0.717, 1.165) is 17.3 Å². The van der Waals surface area contributed by atoms with E-state index in [1.807, 2.05) is 0 Å². The van der Waals surface area contributed by atoms with Crippen LogP contribution in [0.1, 0.15) is 32.1 Å². The lowest BCUT2D eigenvalue weighted by atomic mass is 10.1. The predicted octanol–water partition coefficient (Wildman–Crippen LogP) is 3.60. The van der Waals surface area contributed by atoms with Gasteiger partial charge in [0.2, 0.25) is 11.8 Å². The van der Waals surface area contributed by atoms with Crippen LogP contribution in [0.3, 0.4) is 0 Å². The zero-order valence-electron chi connectivity index (χ0n) is 10.3. The third-order valence-electron chi connectivity index (χ3n) is 3.15. The Morgan fingerprint density at radius 2 is 2.17 bits per heavy atom. The summed E-state index contributed by atoms with van der Waals surface area (Å²) in [5, 5.41) is 3.46. The van der Waals surface area contributed by atoms with E-state index in [1.54, 1.807) is 13.3 Å². The smallest absolute Gasteiger partial charge is 0.232 e. The molecule has 18 heavy (non-hydrogen) atoms. The molecular weight excluding hydrogens is 318 g/mol. The van der Waals surface area contributed by atoms with Gasteiger partial charge in [-0.3, -0.25) is 0 Å². The number of ether oxygens (including phenoxy) is 1. The average Bonchev–Trinajstić information content (AvgIpc) is 2.57. The second-order valence-electron chi connectivity index (χ2n) is 4.46. The summed E-state index contributed by atoms with van der Waals surface area (Å²) in [6.07, 6.45) is 7.47. The molecule has 4 nitrogen and oxygen atoms in total. The van der Waals surface area contributed by atoms with Crippen molar-refractivity contribution in [2.75, 3.05) is 12.4 Å². The number of aromatic nitrogens is 2. The summed E-state index contributed by atoms with van der Waals surface area (Å²) in [7, 11) is 1.59. The zero-order chi connectivity index (χ0) is 13.0. The molecule has 0 saturated heterocycles. The van der Waals surface area contributed by atoms with Crippen LogP contribution < -0.4 is 10.1 Å². The molecule has 1 aliphatic rings. The minimum atomic E-state index is 0.144. The number of anilines is 1. The molecule has 1 saturated carbocycles. The highest BCUT2D eigenvalue weighted by Gasteiger charge is 2.22. The maximum atomic E-state index is 6.38. The van der Waals surface area contributed by atoms with E-state index in [4.69, 9.17) is 16.3 Å². The number of hydrogen-bond acceptors (Lipinski definition) is 4. The Labute approximate surface area is 121 Å². The Balaban J connectivity index is 2.07. The van der Waals surface area contributed by atoms with Crippen molar-refractivity contribution in [2.45, 2.75) is 43.5 Å². The standard InChI is InChI=1S/C12H17BrClN3O/c1-18-11-8(13)7-15-12(17-11)16-10-6-4-2-3-5-9(10)14/h7,9-10H,2-6H2,1H3,(H,15,16,17). The first-order valence-corrected chi connectivity index (χ1v) is 7.41. The van der Waals surface area contributed by atoms with Crippen LogP contribution in [0.4, 0.5) is 5.95 Å². The van der Waals surface area contributed by atoms with Crippen molar-refractivity contribution in [3.63, 3.8) is 0 Å². The number of nitrogens with zero attached hydrogens (tertiary/aromatic N) is 2. The molecule has 0 aromatic carbocycles. The fourth-order valence-electron chi connectivity index (χ4n) is 2.15. The van der Waals surface area contributed by atoms with Crippen LogP contribution in [0.25, 0.3) is 0 Å². The summed E-state index contributed by atoms with van der Waals surface area (Å²) in [5.41, 5.74) is 0. The Morgan fingerprint density at radius 1 is 1.39 bits per heavy atom. The largest absolute Gasteiger partial charge is 0.480 e. The van der Waals surface area contributed by atoms with Crippen molar-refractivity contribution in [1.82, 2.24) is 9.97 Å². The molecule has 0 aliphatic heterocycles. The molecule has 1 aromatic heterocycles. The molecule has 1 aromatic rings. The lowest BCUT2D eigenvalue weighted by Gasteiger charge is -2.21. The van der Waals surface area contributed by atoms with E-state index in [9.17, 15) is 0 Å². The van der Waals surface area contributed by atoms with Crippen LogP contribution in [0, 0.1) is 0 Å². The van der Waals surface area contributed by atoms with Gasteiger partial charge in [0.15, 0.2) is 0 Å². The summed E-state index contributed by atoms with van der Waals surface area (Å²) >= 11 is 9.72. The Hall–Kier alpha value is -0.550. The van der Waals surface area contributed by atoms with Crippen LogP contribution in [-0.2, 0) is 0 Å². The molecule has 2 atom stereocenters. The van der Waals surface area contributed by atoms with E-state index in [0.29, 0.717) is 11.8 Å². The van der Waals surface area contributed by atoms with Gasteiger partial charge in [-0.15, -0.1) is 11.6 Å². The highest BCUT2D eigenvalue weighted by Crippen LogP contribution is 2.26. The van der Waals surface area contributed by atoms with Gasteiger partial charge in [0.25, 0.3) is 0 Å². The number of halogens is 2. The maximum Gasteiger partial charge on any atom is 0.232 e. The first kappa shape index (κ1) is 13.9. The summed E-state index contributed by atoms with van der Waals surface area (Å²) in [4.78, 5) is 8.54. The number of methoxy groups -OCH3 is 1. The molecule has 2 unspecified atom stereocenters. The summed E-state index contributed by atoms with van der Waals surface area (Å²) in [5.74, 6) is 1.11. The second kappa shape index (κ2) is 6.57. The van der Waals surface area contributed by atoms with E-state index in [2.05, 4.69) is 31.2 Å². The second-order valence-corrected chi connectivity index (χ2v) is 5.87. The van der Waals surface area contributed by atoms with Gasteiger partial charge in [-0.05, 0) is 28.8 Å². The van der Waals surface area contributed by atoms with Crippen molar-refractivity contribution >= 4 is 33.5 Å². The minimum absolute atomic E-state index is 0.144.